The summed E-state index contributed by atoms with van der Waals surface area (Å²) in [6, 6.07) is 6.31. The van der Waals surface area contributed by atoms with Gasteiger partial charge < -0.3 is 0 Å². The SMILES string of the molecule is O=[N+]([O-])c1ccc(-c2cn3ncsc3n2)cc1. The number of aromatic nitrogens is 3. The molecule has 3 aromatic rings. The van der Waals surface area contributed by atoms with E-state index in [1.807, 2.05) is 0 Å². The molecule has 2 heterocycles. The molecule has 0 aliphatic rings. The molecule has 0 saturated heterocycles. The Morgan fingerprint density at radius 1 is 1.29 bits per heavy atom. The molecule has 0 radical (unpaired) electrons. The Labute approximate surface area is 99.3 Å². The summed E-state index contributed by atoms with van der Waals surface area (Å²) < 4.78 is 1.68. The molecule has 0 unspecified atom stereocenters. The lowest BCUT2D eigenvalue weighted by molar-refractivity contribution is -0.384. The fraction of sp³-hybridized carbons (Fsp3) is 0. The van der Waals surface area contributed by atoms with E-state index in [2.05, 4.69) is 10.1 Å². The lowest BCUT2D eigenvalue weighted by Gasteiger charge is -1.95. The normalized spacial score (nSPS) is 10.8. The largest absolute Gasteiger partial charge is 0.269 e. The van der Waals surface area contributed by atoms with Gasteiger partial charge in [0.05, 0.1) is 16.8 Å². The van der Waals surface area contributed by atoms with E-state index in [0.717, 1.165) is 16.2 Å². The summed E-state index contributed by atoms with van der Waals surface area (Å²) >= 11 is 1.44. The number of hydrogen-bond donors (Lipinski definition) is 0. The fourth-order valence-electron chi connectivity index (χ4n) is 1.53. The van der Waals surface area contributed by atoms with E-state index in [-0.39, 0.29) is 5.69 Å². The average Bonchev–Trinajstić information content (AvgIpc) is 2.89. The standard InChI is InChI=1S/C10H6N4O2S/c15-14(16)8-3-1-7(2-4-8)9-5-13-10(12-9)17-6-11-13/h1-6H. The Balaban J connectivity index is 2.03. The molecular formula is C10H6N4O2S. The summed E-state index contributed by atoms with van der Waals surface area (Å²) in [5.74, 6) is 0. The van der Waals surface area contributed by atoms with Gasteiger partial charge in [0.1, 0.15) is 5.51 Å². The molecule has 6 nitrogen and oxygen atoms in total. The smallest absolute Gasteiger partial charge is 0.258 e. The maximum absolute atomic E-state index is 10.5. The van der Waals surface area contributed by atoms with Crippen molar-refractivity contribution in [3.63, 3.8) is 0 Å². The highest BCUT2D eigenvalue weighted by molar-refractivity contribution is 7.14. The van der Waals surface area contributed by atoms with Crippen LogP contribution < -0.4 is 0 Å². The minimum absolute atomic E-state index is 0.0768. The molecule has 7 heteroatoms. The number of imidazole rings is 1. The van der Waals surface area contributed by atoms with Gasteiger partial charge in [-0.2, -0.15) is 5.10 Å². The molecule has 0 atom stereocenters. The van der Waals surface area contributed by atoms with Crippen LogP contribution in [0.1, 0.15) is 0 Å². The van der Waals surface area contributed by atoms with Crippen molar-refractivity contribution in [1.29, 1.82) is 0 Å². The number of nitrogens with zero attached hydrogens (tertiary/aromatic N) is 4. The highest BCUT2D eigenvalue weighted by atomic mass is 32.1. The van der Waals surface area contributed by atoms with Crippen molar-refractivity contribution in [3.8, 4) is 11.3 Å². The number of non-ortho nitro benzene ring substituents is 1. The molecule has 0 spiro atoms. The van der Waals surface area contributed by atoms with Crippen LogP contribution in [0.4, 0.5) is 5.69 Å². The molecule has 2 aromatic heterocycles. The first-order chi connectivity index (χ1) is 8.24. The zero-order chi connectivity index (χ0) is 11.8. The van der Waals surface area contributed by atoms with Gasteiger partial charge >= 0.3 is 0 Å². The number of fused-ring (bicyclic) bond motifs is 1. The van der Waals surface area contributed by atoms with E-state index >= 15 is 0 Å². The summed E-state index contributed by atoms with van der Waals surface area (Å²) in [6.45, 7) is 0. The number of nitro groups is 1. The van der Waals surface area contributed by atoms with Crippen LogP contribution in [0.5, 0.6) is 0 Å². The molecule has 1 aromatic carbocycles. The summed E-state index contributed by atoms with van der Waals surface area (Å²) in [7, 11) is 0. The Bertz CT molecular complexity index is 657. The summed E-state index contributed by atoms with van der Waals surface area (Å²) in [6.07, 6.45) is 1.80. The summed E-state index contributed by atoms with van der Waals surface area (Å²) in [4.78, 5) is 15.3. The molecule has 17 heavy (non-hydrogen) atoms. The molecule has 0 N–H and O–H groups in total. The van der Waals surface area contributed by atoms with Crippen molar-refractivity contribution < 1.29 is 4.92 Å². The Morgan fingerprint density at radius 2 is 2.06 bits per heavy atom. The third-order valence-electron chi connectivity index (χ3n) is 2.36. The minimum Gasteiger partial charge on any atom is -0.258 e. The van der Waals surface area contributed by atoms with Crippen LogP contribution in [0, 0.1) is 10.1 Å². The van der Waals surface area contributed by atoms with Crippen LogP contribution >= 0.6 is 11.3 Å². The maximum Gasteiger partial charge on any atom is 0.269 e. The second kappa shape index (κ2) is 3.63. The van der Waals surface area contributed by atoms with Gasteiger partial charge in [-0.1, -0.05) is 11.3 Å². The first-order valence-corrected chi connectivity index (χ1v) is 5.66. The lowest BCUT2D eigenvalue weighted by Crippen LogP contribution is -1.87. The van der Waals surface area contributed by atoms with Gasteiger partial charge in [0.15, 0.2) is 0 Å². The molecule has 3 rings (SSSR count). The third kappa shape index (κ3) is 1.66. The molecule has 0 fully saturated rings. The van der Waals surface area contributed by atoms with Crippen LogP contribution in [-0.2, 0) is 0 Å². The van der Waals surface area contributed by atoms with Crippen LogP contribution in [-0.4, -0.2) is 19.5 Å². The molecule has 0 amide bonds. The molecule has 0 saturated carbocycles. The second-order valence-corrected chi connectivity index (χ2v) is 4.21. The molecule has 0 aliphatic carbocycles. The van der Waals surface area contributed by atoms with Gasteiger partial charge in [0.2, 0.25) is 4.96 Å². The predicted octanol–water partition coefficient (Wildman–Crippen LogP) is 2.37. The van der Waals surface area contributed by atoms with E-state index in [1.54, 1.807) is 28.4 Å². The number of rotatable bonds is 2. The molecule has 0 aliphatic heterocycles. The number of benzene rings is 1. The van der Waals surface area contributed by atoms with Crippen molar-refractivity contribution in [1.82, 2.24) is 14.6 Å². The van der Waals surface area contributed by atoms with Crippen LogP contribution in [0.2, 0.25) is 0 Å². The Morgan fingerprint density at radius 3 is 2.71 bits per heavy atom. The molecule has 0 bridgehead atoms. The summed E-state index contributed by atoms with van der Waals surface area (Å²) in [5.41, 5.74) is 3.39. The number of nitro benzene ring substituents is 1. The van der Waals surface area contributed by atoms with Crippen molar-refractivity contribution in [2.24, 2.45) is 0 Å². The van der Waals surface area contributed by atoms with Gasteiger partial charge in [-0.3, -0.25) is 10.1 Å². The van der Waals surface area contributed by atoms with Gasteiger partial charge in [-0.25, -0.2) is 9.50 Å². The Hall–Kier alpha value is -2.28. The second-order valence-electron chi connectivity index (χ2n) is 3.40. The van der Waals surface area contributed by atoms with Gasteiger partial charge in [-0.05, 0) is 12.1 Å². The Kier molecular flexibility index (Phi) is 2.12. The van der Waals surface area contributed by atoms with Gasteiger partial charge in [0, 0.05) is 17.7 Å². The zero-order valence-electron chi connectivity index (χ0n) is 8.48. The van der Waals surface area contributed by atoms with Crippen LogP contribution in [0.3, 0.4) is 0 Å². The average molecular weight is 246 g/mol. The highest BCUT2D eigenvalue weighted by Crippen LogP contribution is 2.22. The van der Waals surface area contributed by atoms with E-state index < -0.39 is 4.92 Å². The topological polar surface area (TPSA) is 73.3 Å². The van der Waals surface area contributed by atoms with Crippen molar-refractivity contribution in [2.45, 2.75) is 0 Å². The lowest BCUT2D eigenvalue weighted by atomic mass is 10.1. The first kappa shape index (κ1) is 9.91. The van der Waals surface area contributed by atoms with E-state index in [4.69, 9.17) is 0 Å². The monoisotopic (exact) mass is 246 g/mol. The van der Waals surface area contributed by atoms with Crippen molar-refractivity contribution >= 4 is 22.0 Å². The third-order valence-corrected chi connectivity index (χ3v) is 3.05. The van der Waals surface area contributed by atoms with Crippen LogP contribution in [0.15, 0.2) is 36.0 Å². The van der Waals surface area contributed by atoms with Crippen LogP contribution in [0.25, 0.3) is 16.2 Å². The number of hydrogen-bond acceptors (Lipinski definition) is 5. The van der Waals surface area contributed by atoms with Gasteiger partial charge in [-0.15, -0.1) is 0 Å². The van der Waals surface area contributed by atoms with Gasteiger partial charge in [0.25, 0.3) is 5.69 Å². The van der Waals surface area contributed by atoms with Crippen molar-refractivity contribution in [2.75, 3.05) is 0 Å². The first-order valence-electron chi connectivity index (χ1n) is 4.78. The van der Waals surface area contributed by atoms with E-state index in [9.17, 15) is 10.1 Å². The van der Waals surface area contributed by atoms with Crippen molar-refractivity contribution in [3.05, 3.63) is 46.1 Å². The maximum atomic E-state index is 10.5. The summed E-state index contributed by atoms with van der Waals surface area (Å²) in [5, 5.41) is 14.6. The fourth-order valence-corrected chi connectivity index (χ4v) is 2.13. The molecular weight excluding hydrogens is 240 g/mol. The quantitative estimate of drug-likeness (QED) is 0.514. The van der Waals surface area contributed by atoms with E-state index in [1.165, 1.54) is 23.5 Å². The minimum atomic E-state index is -0.420. The zero-order valence-corrected chi connectivity index (χ0v) is 9.29. The van der Waals surface area contributed by atoms with E-state index in [0.29, 0.717) is 0 Å². The highest BCUT2D eigenvalue weighted by Gasteiger charge is 2.08. The molecule has 84 valence electrons. The predicted molar refractivity (Wildman–Crippen MR) is 63.0 cm³/mol.